The Morgan fingerprint density at radius 1 is 0.957 bits per heavy atom. The topological polar surface area (TPSA) is 107 Å². The zero-order valence-electron chi connectivity index (χ0n) is 26.4. The Morgan fingerprint density at radius 3 is 2.50 bits per heavy atom. The van der Waals surface area contributed by atoms with Crippen LogP contribution in [0, 0.1) is 0 Å². The minimum absolute atomic E-state index is 0.208. The summed E-state index contributed by atoms with van der Waals surface area (Å²) in [5, 5.41) is 7.42. The molecule has 2 aromatic carbocycles. The summed E-state index contributed by atoms with van der Waals surface area (Å²) in [7, 11) is 1.33. The first-order valence-electron chi connectivity index (χ1n) is 16.6. The van der Waals surface area contributed by atoms with Gasteiger partial charge in [0.15, 0.2) is 5.82 Å². The van der Waals surface area contributed by atoms with Gasteiger partial charge in [-0.3, -0.25) is 9.59 Å². The van der Waals surface area contributed by atoms with Crippen molar-refractivity contribution in [2.75, 3.05) is 12.4 Å². The van der Waals surface area contributed by atoms with Gasteiger partial charge in [0.05, 0.1) is 12.8 Å². The van der Waals surface area contributed by atoms with E-state index >= 15 is 0 Å². The fourth-order valence-electron chi connectivity index (χ4n) is 7.74. The van der Waals surface area contributed by atoms with Gasteiger partial charge >= 0.3 is 5.97 Å². The van der Waals surface area contributed by atoms with Gasteiger partial charge in [0, 0.05) is 53.7 Å². The maximum absolute atomic E-state index is 13.9. The van der Waals surface area contributed by atoms with Crippen LogP contribution in [0.25, 0.3) is 28.5 Å². The molecule has 2 aromatic heterocycles. The molecule has 2 fully saturated rings. The lowest BCUT2D eigenvalue weighted by Gasteiger charge is -2.29. The SMILES string of the molecule is COC(=O)C=Cc1ccc(NC(=O)C2(NC(=O)c3ccc4c(C5CCCCC5)c5n(c4c3)CCCn3ccnc3-5)CCCC2)cc1. The first-order chi connectivity index (χ1) is 22.5. The summed E-state index contributed by atoms with van der Waals surface area (Å²) < 4.78 is 9.31. The monoisotopic (exact) mass is 619 g/mol. The molecule has 0 radical (unpaired) electrons. The van der Waals surface area contributed by atoms with Gasteiger partial charge in [0.2, 0.25) is 5.91 Å². The second-order valence-electron chi connectivity index (χ2n) is 13.0. The van der Waals surface area contributed by atoms with E-state index in [4.69, 9.17) is 4.98 Å². The minimum atomic E-state index is -0.983. The highest BCUT2D eigenvalue weighted by atomic mass is 16.5. The lowest BCUT2D eigenvalue weighted by molar-refractivity contribution is -0.134. The average molecular weight is 620 g/mol. The predicted octanol–water partition coefficient (Wildman–Crippen LogP) is 6.82. The molecule has 7 rings (SSSR count). The average Bonchev–Trinajstić information content (AvgIpc) is 3.80. The molecule has 1 aliphatic heterocycles. The van der Waals surface area contributed by atoms with E-state index in [1.165, 1.54) is 61.9 Å². The lowest BCUT2D eigenvalue weighted by Crippen LogP contribution is -2.55. The number of imidazole rings is 1. The Kier molecular flexibility index (Phi) is 8.23. The number of fused-ring (bicyclic) bond motifs is 5. The number of nitrogens with one attached hydrogen (secondary N) is 2. The zero-order chi connectivity index (χ0) is 31.7. The third kappa shape index (κ3) is 5.63. The summed E-state index contributed by atoms with van der Waals surface area (Å²) >= 11 is 0. The summed E-state index contributed by atoms with van der Waals surface area (Å²) in [6, 6.07) is 13.3. The van der Waals surface area contributed by atoms with E-state index < -0.39 is 11.5 Å². The van der Waals surface area contributed by atoms with Crippen molar-refractivity contribution in [2.45, 2.75) is 88.8 Å². The third-order valence-electron chi connectivity index (χ3n) is 10.1. The van der Waals surface area contributed by atoms with Gasteiger partial charge in [0.1, 0.15) is 5.54 Å². The standard InChI is InChI=1S/C37H41N5O4/c1-46-31(43)17-12-25-10-14-28(15-11-25)39-36(45)37(18-5-6-19-37)40-35(44)27-13-16-29-30(24-27)42-22-7-21-41-23-20-38-34(41)33(42)32(29)26-8-3-2-4-9-26/h10-17,20,23-24,26H,2-9,18-19,21-22H2,1H3,(H,39,45)(H,40,44). The summed E-state index contributed by atoms with van der Waals surface area (Å²) in [6.45, 7) is 1.80. The molecular weight excluding hydrogens is 578 g/mol. The van der Waals surface area contributed by atoms with E-state index in [2.05, 4.69) is 36.8 Å². The molecule has 0 atom stereocenters. The number of carbonyl (C=O) groups is 3. The number of aryl methyl sites for hydroxylation is 2. The van der Waals surface area contributed by atoms with Crippen molar-refractivity contribution < 1.29 is 19.1 Å². The zero-order valence-corrected chi connectivity index (χ0v) is 26.4. The van der Waals surface area contributed by atoms with Crippen LogP contribution in [0.2, 0.25) is 0 Å². The Bertz CT molecular complexity index is 1800. The van der Waals surface area contributed by atoms with Crippen molar-refractivity contribution in [2.24, 2.45) is 0 Å². The number of nitrogens with zero attached hydrogens (tertiary/aromatic N) is 3. The van der Waals surface area contributed by atoms with Crippen molar-refractivity contribution in [3.8, 4) is 11.5 Å². The normalized spacial score (nSPS) is 17.8. The number of hydrogen-bond acceptors (Lipinski definition) is 5. The van der Waals surface area contributed by atoms with E-state index in [1.54, 1.807) is 18.2 Å². The number of hydrogen-bond donors (Lipinski definition) is 2. The molecule has 4 aromatic rings. The number of amides is 2. The molecule has 2 N–H and O–H groups in total. The van der Waals surface area contributed by atoms with Gasteiger partial charge in [-0.1, -0.05) is 50.3 Å². The second-order valence-corrected chi connectivity index (χ2v) is 13.0. The molecular formula is C37H41N5O4. The Morgan fingerprint density at radius 2 is 1.74 bits per heavy atom. The number of rotatable bonds is 7. The molecule has 0 spiro atoms. The molecule has 3 heterocycles. The predicted molar refractivity (Wildman–Crippen MR) is 178 cm³/mol. The molecule has 0 saturated heterocycles. The summed E-state index contributed by atoms with van der Waals surface area (Å²) in [4.78, 5) is 43.9. The number of esters is 1. The molecule has 3 aliphatic rings. The maximum atomic E-state index is 13.9. The van der Waals surface area contributed by atoms with Crippen molar-refractivity contribution >= 4 is 40.4 Å². The highest BCUT2D eigenvalue weighted by Crippen LogP contribution is 2.45. The van der Waals surface area contributed by atoms with Crippen LogP contribution in [0.5, 0.6) is 0 Å². The van der Waals surface area contributed by atoms with Gasteiger partial charge in [-0.15, -0.1) is 0 Å². The number of methoxy groups -OCH3 is 1. The van der Waals surface area contributed by atoms with Crippen molar-refractivity contribution in [3.05, 3.63) is 77.6 Å². The van der Waals surface area contributed by atoms with Gasteiger partial charge < -0.3 is 24.5 Å². The molecule has 0 unspecified atom stereocenters. The molecule has 9 heteroatoms. The van der Waals surface area contributed by atoms with E-state index in [0.717, 1.165) is 49.3 Å². The third-order valence-corrected chi connectivity index (χ3v) is 10.1. The number of carbonyl (C=O) groups excluding carboxylic acids is 3. The summed E-state index contributed by atoms with van der Waals surface area (Å²) in [6.07, 6.45) is 17.0. The van der Waals surface area contributed by atoms with Crippen LogP contribution in [0.15, 0.2) is 60.9 Å². The van der Waals surface area contributed by atoms with E-state index in [-0.39, 0.29) is 11.8 Å². The summed E-state index contributed by atoms with van der Waals surface area (Å²) in [5.41, 5.74) is 4.69. The molecule has 46 heavy (non-hydrogen) atoms. The quantitative estimate of drug-likeness (QED) is 0.174. The van der Waals surface area contributed by atoms with Gasteiger partial charge in [-0.2, -0.15) is 0 Å². The smallest absolute Gasteiger partial charge is 0.330 e. The first-order valence-corrected chi connectivity index (χ1v) is 16.6. The van der Waals surface area contributed by atoms with Gasteiger partial charge in [-0.25, -0.2) is 9.78 Å². The molecule has 2 aliphatic carbocycles. The van der Waals surface area contributed by atoms with Crippen LogP contribution < -0.4 is 10.6 Å². The van der Waals surface area contributed by atoms with Crippen LogP contribution in [0.3, 0.4) is 0 Å². The Hall–Kier alpha value is -4.66. The number of aromatic nitrogens is 3. The fraction of sp³-hybridized carbons (Fsp3) is 0.405. The van der Waals surface area contributed by atoms with Gasteiger partial charge in [-0.05, 0) is 79.5 Å². The fourth-order valence-corrected chi connectivity index (χ4v) is 7.74. The molecule has 9 nitrogen and oxygen atoms in total. The number of anilines is 1. The van der Waals surface area contributed by atoms with Crippen molar-refractivity contribution in [3.63, 3.8) is 0 Å². The van der Waals surface area contributed by atoms with E-state index in [1.807, 2.05) is 30.5 Å². The van der Waals surface area contributed by atoms with Crippen LogP contribution in [0.4, 0.5) is 5.69 Å². The molecule has 0 bridgehead atoms. The summed E-state index contributed by atoms with van der Waals surface area (Å²) in [5.74, 6) is 0.639. The highest BCUT2D eigenvalue weighted by Gasteiger charge is 2.43. The molecule has 238 valence electrons. The van der Waals surface area contributed by atoms with Crippen LogP contribution in [0.1, 0.15) is 91.6 Å². The van der Waals surface area contributed by atoms with E-state index in [9.17, 15) is 14.4 Å². The number of benzene rings is 2. The van der Waals surface area contributed by atoms with Crippen molar-refractivity contribution in [1.82, 2.24) is 19.4 Å². The molecule has 2 saturated carbocycles. The molecule has 2 amide bonds. The second kappa shape index (κ2) is 12.6. The maximum Gasteiger partial charge on any atom is 0.330 e. The van der Waals surface area contributed by atoms with Gasteiger partial charge in [0.25, 0.3) is 5.91 Å². The largest absolute Gasteiger partial charge is 0.466 e. The number of ether oxygens (including phenoxy) is 1. The minimum Gasteiger partial charge on any atom is -0.466 e. The van der Waals surface area contributed by atoms with Crippen LogP contribution in [-0.2, 0) is 27.4 Å². The first kappa shape index (κ1) is 30.0. The Labute approximate surface area is 269 Å². The lowest BCUT2D eigenvalue weighted by atomic mass is 9.82. The van der Waals surface area contributed by atoms with Crippen LogP contribution >= 0.6 is 0 Å². The van der Waals surface area contributed by atoms with Crippen LogP contribution in [-0.4, -0.2) is 44.6 Å². The highest BCUT2D eigenvalue weighted by molar-refractivity contribution is 6.05. The Balaban J connectivity index is 1.16. The van der Waals surface area contributed by atoms with E-state index in [0.29, 0.717) is 30.0 Å². The van der Waals surface area contributed by atoms with Crippen molar-refractivity contribution in [1.29, 1.82) is 0 Å².